The molecule has 0 spiro atoms. The van der Waals surface area contributed by atoms with Crippen molar-refractivity contribution >= 4 is 0 Å². The van der Waals surface area contributed by atoms with Gasteiger partial charge in [0, 0.05) is 11.3 Å². The first-order valence-electron chi connectivity index (χ1n) is 3.91. The van der Waals surface area contributed by atoms with Crippen molar-refractivity contribution in [3.8, 4) is 0 Å². The molecular weight excluding hydrogens is 130 g/mol. The molecule has 0 bridgehead atoms. The summed E-state index contributed by atoms with van der Waals surface area (Å²) in [4.78, 5) is 9.67. The van der Waals surface area contributed by atoms with E-state index in [4.69, 9.17) is 0 Å². The van der Waals surface area contributed by atoms with E-state index in [1.54, 1.807) is 0 Å². The van der Waals surface area contributed by atoms with E-state index in [2.05, 4.69) is 0 Å². The van der Waals surface area contributed by atoms with Crippen molar-refractivity contribution in [2.24, 2.45) is 5.92 Å². The number of nitrogens with zero attached hydrogens (tertiary/aromatic N) is 1. The van der Waals surface area contributed by atoms with Crippen LogP contribution < -0.4 is 0 Å². The van der Waals surface area contributed by atoms with E-state index in [1.807, 2.05) is 0 Å². The van der Waals surface area contributed by atoms with Crippen LogP contribution in [0.2, 0.25) is 0 Å². The Labute approximate surface area is 60.6 Å². The number of rotatable bonds is 4. The van der Waals surface area contributed by atoms with Crippen molar-refractivity contribution in [1.82, 2.24) is 0 Å². The first-order chi connectivity index (χ1) is 4.79. The highest BCUT2D eigenvalue weighted by Crippen LogP contribution is 2.30. The molecule has 0 amide bonds. The molecule has 0 N–H and O–H groups in total. The van der Waals surface area contributed by atoms with E-state index in [1.165, 1.54) is 19.3 Å². The Morgan fingerprint density at radius 1 is 1.50 bits per heavy atom. The van der Waals surface area contributed by atoms with Gasteiger partial charge in [-0.05, 0) is 12.3 Å². The predicted octanol–water partition coefficient (Wildman–Crippen LogP) is 1.84. The molecule has 1 aliphatic carbocycles. The fourth-order valence-electron chi connectivity index (χ4n) is 1.29. The first-order valence-corrected chi connectivity index (χ1v) is 3.91. The van der Waals surface area contributed by atoms with Gasteiger partial charge in [-0.3, -0.25) is 10.1 Å². The lowest BCUT2D eigenvalue weighted by Gasteiger charge is -2.24. The molecule has 0 aromatic rings. The second-order valence-corrected chi connectivity index (χ2v) is 3.00. The predicted molar refractivity (Wildman–Crippen MR) is 38.4 cm³/mol. The fraction of sp³-hybridized carbons (Fsp3) is 1.00. The van der Waals surface area contributed by atoms with Crippen molar-refractivity contribution in [2.75, 3.05) is 6.54 Å². The smallest absolute Gasteiger partial charge is 0.203 e. The van der Waals surface area contributed by atoms with Gasteiger partial charge >= 0.3 is 0 Å². The lowest BCUT2D eigenvalue weighted by Crippen LogP contribution is -2.12. The zero-order valence-corrected chi connectivity index (χ0v) is 6.08. The molecule has 0 atom stereocenters. The third-order valence-electron chi connectivity index (χ3n) is 2.18. The Morgan fingerprint density at radius 2 is 2.20 bits per heavy atom. The highest BCUT2D eigenvalue weighted by atomic mass is 16.6. The number of hydrogen-bond donors (Lipinski definition) is 0. The third kappa shape index (κ3) is 2.33. The first kappa shape index (κ1) is 7.51. The topological polar surface area (TPSA) is 43.1 Å². The van der Waals surface area contributed by atoms with Gasteiger partial charge in [0.15, 0.2) is 0 Å². The van der Waals surface area contributed by atoms with Crippen molar-refractivity contribution in [3.63, 3.8) is 0 Å². The molecule has 0 aromatic carbocycles. The van der Waals surface area contributed by atoms with Crippen molar-refractivity contribution in [3.05, 3.63) is 10.1 Å². The molecule has 10 heavy (non-hydrogen) atoms. The van der Waals surface area contributed by atoms with Crippen molar-refractivity contribution in [2.45, 2.75) is 32.1 Å². The van der Waals surface area contributed by atoms with E-state index >= 15 is 0 Å². The Kier molecular flexibility index (Phi) is 2.66. The minimum Gasteiger partial charge on any atom is -0.265 e. The summed E-state index contributed by atoms with van der Waals surface area (Å²) >= 11 is 0. The normalized spacial score (nSPS) is 18.4. The molecule has 0 aliphatic heterocycles. The second-order valence-electron chi connectivity index (χ2n) is 3.00. The lowest BCUT2D eigenvalue weighted by atomic mass is 9.82. The summed E-state index contributed by atoms with van der Waals surface area (Å²) in [5, 5.41) is 9.89. The standard InChI is InChI=1S/C7H13NO2/c9-8(10)6-2-5-7-3-1-4-7/h7H,1-6H2. The van der Waals surface area contributed by atoms with Gasteiger partial charge in [-0.2, -0.15) is 0 Å². The van der Waals surface area contributed by atoms with Crippen LogP contribution in [0, 0.1) is 16.0 Å². The average Bonchev–Trinajstić information content (AvgIpc) is 1.75. The van der Waals surface area contributed by atoms with Gasteiger partial charge in [0.2, 0.25) is 6.54 Å². The van der Waals surface area contributed by atoms with Crippen LogP contribution in [-0.4, -0.2) is 11.5 Å². The van der Waals surface area contributed by atoms with Crippen LogP contribution in [-0.2, 0) is 0 Å². The van der Waals surface area contributed by atoms with Crippen molar-refractivity contribution in [1.29, 1.82) is 0 Å². The Hall–Kier alpha value is -0.600. The molecule has 58 valence electrons. The van der Waals surface area contributed by atoms with Crippen LogP contribution in [0.15, 0.2) is 0 Å². The second kappa shape index (κ2) is 3.54. The highest BCUT2D eigenvalue weighted by molar-refractivity contribution is 4.68. The van der Waals surface area contributed by atoms with E-state index in [0.29, 0.717) is 0 Å². The zero-order chi connectivity index (χ0) is 7.40. The number of hydrogen-bond acceptors (Lipinski definition) is 2. The Bertz CT molecular complexity index is 121. The summed E-state index contributed by atoms with van der Waals surface area (Å²) in [5.74, 6) is 0.819. The SMILES string of the molecule is O=[N+]([O-])CCCC1CCC1. The highest BCUT2D eigenvalue weighted by Gasteiger charge is 2.17. The molecule has 0 heterocycles. The quantitative estimate of drug-likeness (QED) is 0.445. The maximum atomic E-state index is 9.89. The van der Waals surface area contributed by atoms with Crippen LogP contribution in [0.4, 0.5) is 0 Å². The van der Waals surface area contributed by atoms with Crippen LogP contribution in [0.5, 0.6) is 0 Å². The molecule has 1 rings (SSSR count). The molecule has 0 radical (unpaired) electrons. The van der Waals surface area contributed by atoms with Crippen LogP contribution in [0.3, 0.4) is 0 Å². The van der Waals surface area contributed by atoms with Gasteiger partial charge in [-0.25, -0.2) is 0 Å². The summed E-state index contributed by atoms with van der Waals surface area (Å²) < 4.78 is 0. The molecule has 3 heteroatoms. The van der Waals surface area contributed by atoms with E-state index in [9.17, 15) is 10.1 Å². The van der Waals surface area contributed by atoms with Gasteiger partial charge in [0.05, 0.1) is 0 Å². The largest absolute Gasteiger partial charge is 0.265 e. The van der Waals surface area contributed by atoms with Gasteiger partial charge in [-0.1, -0.05) is 19.3 Å². The molecule has 0 unspecified atom stereocenters. The summed E-state index contributed by atoms with van der Waals surface area (Å²) in [6, 6.07) is 0. The summed E-state index contributed by atoms with van der Waals surface area (Å²) in [5.41, 5.74) is 0. The molecule has 0 aromatic heterocycles. The maximum Gasteiger partial charge on any atom is 0.203 e. The lowest BCUT2D eigenvalue weighted by molar-refractivity contribution is -0.480. The van der Waals surface area contributed by atoms with Crippen LogP contribution >= 0.6 is 0 Å². The Morgan fingerprint density at radius 3 is 2.60 bits per heavy atom. The van der Waals surface area contributed by atoms with E-state index in [-0.39, 0.29) is 11.5 Å². The molecule has 0 saturated heterocycles. The van der Waals surface area contributed by atoms with Crippen molar-refractivity contribution < 1.29 is 4.92 Å². The van der Waals surface area contributed by atoms with Crippen LogP contribution in [0.25, 0.3) is 0 Å². The minimum atomic E-state index is -0.224. The van der Waals surface area contributed by atoms with Gasteiger partial charge in [0.25, 0.3) is 0 Å². The molecule has 3 nitrogen and oxygen atoms in total. The monoisotopic (exact) mass is 143 g/mol. The van der Waals surface area contributed by atoms with Crippen LogP contribution in [0.1, 0.15) is 32.1 Å². The molecular formula is C7H13NO2. The number of nitro groups is 1. The summed E-state index contributed by atoms with van der Waals surface area (Å²) in [7, 11) is 0. The van der Waals surface area contributed by atoms with Gasteiger partial charge < -0.3 is 0 Å². The maximum absolute atomic E-state index is 9.89. The summed E-state index contributed by atoms with van der Waals surface area (Å²) in [6.45, 7) is 0.163. The minimum absolute atomic E-state index is 0.163. The Balaban J connectivity index is 1.89. The zero-order valence-electron chi connectivity index (χ0n) is 6.08. The molecule has 1 fully saturated rings. The van der Waals surface area contributed by atoms with Gasteiger partial charge in [0.1, 0.15) is 0 Å². The third-order valence-corrected chi connectivity index (χ3v) is 2.18. The molecule has 1 saturated carbocycles. The van der Waals surface area contributed by atoms with Gasteiger partial charge in [-0.15, -0.1) is 0 Å². The van der Waals surface area contributed by atoms with E-state index < -0.39 is 0 Å². The average molecular weight is 143 g/mol. The summed E-state index contributed by atoms with van der Waals surface area (Å²) in [6.07, 6.45) is 5.79. The molecule has 1 aliphatic rings. The van der Waals surface area contributed by atoms with E-state index in [0.717, 1.165) is 18.8 Å². The fourth-order valence-corrected chi connectivity index (χ4v) is 1.29.